The third-order valence-corrected chi connectivity index (χ3v) is 10.6. The summed E-state index contributed by atoms with van der Waals surface area (Å²) in [5.74, 6) is -0.703. The van der Waals surface area contributed by atoms with Crippen molar-refractivity contribution in [1.82, 2.24) is 25.4 Å². The fraction of sp³-hybridized carbons (Fsp3) is 0.658. The molecular weight excluding hydrogens is 639 g/mol. The van der Waals surface area contributed by atoms with Crippen molar-refractivity contribution in [2.75, 3.05) is 20.6 Å². The average Bonchev–Trinajstić information content (AvgIpc) is 3.55. The van der Waals surface area contributed by atoms with Gasteiger partial charge in [0.1, 0.15) is 16.7 Å². The first-order chi connectivity index (χ1) is 23.2. The minimum absolute atomic E-state index is 0.00211. The van der Waals surface area contributed by atoms with Gasteiger partial charge in [-0.05, 0) is 62.6 Å². The minimum Gasteiger partial charge on any atom is -0.455 e. The molecule has 0 aliphatic carbocycles. The van der Waals surface area contributed by atoms with E-state index in [1.165, 1.54) is 18.3 Å². The van der Waals surface area contributed by atoms with E-state index in [1.807, 2.05) is 52.9 Å². The number of carbonyl (C=O) groups excluding carboxylic acids is 4. The largest absolute Gasteiger partial charge is 0.455 e. The number of likely N-dealkylation sites (N-methyl/N-ethyl adjacent to an activating group) is 2. The number of rotatable bonds is 17. The van der Waals surface area contributed by atoms with Crippen LogP contribution in [0.4, 0.5) is 0 Å². The van der Waals surface area contributed by atoms with Crippen molar-refractivity contribution < 1.29 is 23.9 Å². The zero-order valence-corrected chi connectivity index (χ0v) is 31.8. The second-order valence-corrected chi connectivity index (χ2v) is 15.4. The number of ether oxygens (including phenoxy) is 1. The molecule has 0 radical (unpaired) electrons. The van der Waals surface area contributed by atoms with Gasteiger partial charge < -0.3 is 20.3 Å². The molecule has 272 valence electrons. The Bertz CT molecular complexity index is 1370. The number of hydrogen-bond donors (Lipinski definition) is 2. The van der Waals surface area contributed by atoms with Gasteiger partial charge >= 0.3 is 5.97 Å². The van der Waals surface area contributed by atoms with Crippen molar-refractivity contribution >= 4 is 35.0 Å². The average molecular weight is 698 g/mol. The number of amides is 3. The van der Waals surface area contributed by atoms with Crippen molar-refractivity contribution in [3.8, 4) is 0 Å². The van der Waals surface area contributed by atoms with Gasteiger partial charge in [0.2, 0.25) is 11.8 Å². The first-order valence-corrected chi connectivity index (χ1v) is 18.8. The topological polar surface area (TPSA) is 121 Å². The number of nitrogens with one attached hydrogen (secondary N) is 2. The van der Waals surface area contributed by atoms with Crippen LogP contribution in [0.25, 0.3) is 0 Å². The molecule has 1 unspecified atom stereocenters. The number of piperidine rings is 1. The van der Waals surface area contributed by atoms with Crippen molar-refractivity contribution in [2.24, 2.45) is 17.8 Å². The van der Waals surface area contributed by atoms with Gasteiger partial charge in [-0.3, -0.25) is 24.1 Å². The molecule has 0 saturated carbocycles. The molecule has 1 aromatic carbocycles. The van der Waals surface area contributed by atoms with Crippen LogP contribution in [-0.4, -0.2) is 83.3 Å². The molecule has 6 atom stereocenters. The van der Waals surface area contributed by atoms with E-state index in [0.717, 1.165) is 44.2 Å². The van der Waals surface area contributed by atoms with Crippen LogP contribution in [0.15, 0.2) is 35.7 Å². The first kappa shape index (κ1) is 40.1. The molecule has 3 amide bonds. The molecule has 0 bridgehead atoms. The maximum absolute atomic E-state index is 14.2. The Kier molecular flexibility index (Phi) is 15.7. The van der Waals surface area contributed by atoms with Gasteiger partial charge in [0.05, 0.1) is 6.04 Å². The van der Waals surface area contributed by atoms with Gasteiger partial charge in [-0.2, -0.15) is 0 Å². The second kappa shape index (κ2) is 19.2. The Morgan fingerprint density at radius 1 is 1.04 bits per heavy atom. The van der Waals surface area contributed by atoms with Gasteiger partial charge in [-0.15, -0.1) is 11.3 Å². The Morgan fingerprint density at radius 2 is 1.73 bits per heavy atom. The van der Waals surface area contributed by atoms with E-state index >= 15 is 0 Å². The molecule has 10 nitrogen and oxygen atoms in total. The molecule has 49 heavy (non-hydrogen) atoms. The molecule has 2 N–H and O–H groups in total. The molecule has 2 aromatic rings. The standard InChI is InChI=1S/C38H59N5O5S/c1-10-26(6)34(41-36(46)31-18-14-15-19-42(31)8)38(47)43(9)32(25(4)5)22-33(48-27(7)44)37-40-30(23-49-37)35(45)39-29(20-24(2)3)21-28-16-12-11-13-17-28/h11-13,16-17,23-26,29,31-34H,10,14-15,18-22H2,1-9H3,(H,39,45)(H,41,46)/t26?,29-,31-,32-,33+,34+/m1/s1. The van der Waals surface area contributed by atoms with Crippen LogP contribution < -0.4 is 10.6 Å². The minimum atomic E-state index is -0.755. The van der Waals surface area contributed by atoms with Crippen molar-refractivity contribution in [3.05, 3.63) is 52.0 Å². The van der Waals surface area contributed by atoms with E-state index in [-0.39, 0.29) is 53.4 Å². The highest BCUT2D eigenvalue weighted by molar-refractivity contribution is 7.09. The summed E-state index contributed by atoms with van der Waals surface area (Å²) in [5, 5.41) is 8.48. The number of likely N-dealkylation sites (tertiary alicyclic amines) is 1. The predicted molar refractivity (Wildman–Crippen MR) is 195 cm³/mol. The molecule has 11 heteroatoms. The molecule has 1 fully saturated rings. The lowest BCUT2D eigenvalue weighted by molar-refractivity contribution is -0.149. The molecular formula is C38H59N5O5S. The van der Waals surface area contributed by atoms with E-state index < -0.39 is 18.1 Å². The number of thiazole rings is 1. The summed E-state index contributed by atoms with van der Waals surface area (Å²) in [6.07, 6.45) is 4.62. The van der Waals surface area contributed by atoms with Crippen LogP contribution >= 0.6 is 11.3 Å². The summed E-state index contributed by atoms with van der Waals surface area (Å²) >= 11 is 1.27. The number of benzene rings is 1. The number of esters is 1. The van der Waals surface area contributed by atoms with E-state index in [0.29, 0.717) is 23.8 Å². The Balaban J connectivity index is 1.79. The molecule has 0 spiro atoms. The summed E-state index contributed by atoms with van der Waals surface area (Å²) in [7, 11) is 3.72. The third-order valence-electron chi connectivity index (χ3n) is 9.67. The number of carbonyl (C=O) groups is 4. The number of hydrogen-bond acceptors (Lipinski definition) is 8. The van der Waals surface area contributed by atoms with E-state index in [9.17, 15) is 19.2 Å². The number of nitrogens with zero attached hydrogens (tertiary/aromatic N) is 3. The second-order valence-electron chi connectivity index (χ2n) is 14.5. The lowest BCUT2D eigenvalue weighted by Crippen LogP contribution is -2.58. The van der Waals surface area contributed by atoms with Crippen LogP contribution in [0, 0.1) is 17.8 Å². The smallest absolute Gasteiger partial charge is 0.303 e. The lowest BCUT2D eigenvalue weighted by Gasteiger charge is -2.38. The molecule has 1 aromatic heterocycles. The molecule has 1 aliphatic heterocycles. The summed E-state index contributed by atoms with van der Waals surface area (Å²) in [5.41, 5.74) is 1.42. The molecule has 3 rings (SSSR count). The van der Waals surface area contributed by atoms with Crippen LogP contribution in [-0.2, 0) is 25.5 Å². The highest BCUT2D eigenvalue weighted by atomic mass is 32.1. The highest BCUT2D eigenvalue weighted by Crippen LogP contribution is 2.31. The maximum Gasteiger partial charge on any atom is 0.303 e. The highest BCUT2D eigenvalue weighted by Gasteiger charge is 2.37. The summed E-state index contributed by atoms with van der Waals surface area (Å²) in [6.45, 7) is 14.5. The van der Waals surface area contributed by atoms with Crippen LogP contribution in [0.3, 0.4) is 0 Å². The van der Waals surface area contributed by atoms with Gasteiger partial charge in [-0.1, -0.05) is 84.7 Å². The Hall–Kier alpha value is -3.31. The Labute approximate surface area is 297 Å². The van der Waals surface area contributed by atoms with Crippen molar-refractivity contribution in [2.45, 2.75) is 124 Å². The SMILES string of the molecule is CCC(C)[C@H](NC(=O)[C@H]1CCCCN1C)C(=O)N(C)[C@H](C[C@H](OC(C)=O)c1nc(C(=O)N[C@@H](Cc2ccccc2)CC(C)C)cs1)C(C)C. The van der Waals surface area contributed by atoms with Gasteiger partial charge in [0.25, 0.3) is 5.91 Å². The zero-order chi connectivity index (χ0) is 36.2. The van der Waals surface area contributed by atoms with Crippen LogP contribution in [0.5, 0.6) is 0 Å². The first-order valence-electron chi connectivity index (χ1n) is 18.0. The molecule has 2 heterocycles. The zero-order valence-electron chi connectivity index (χ0n) is 31.0. The summed E-state index contributed by atoms with van der Waals surface area (Å²) in [4.78, 5) is 61.7. The normalized spacial score (nSPS) is 18.3. The van der Waals surface area contributed by atoms with Crippen molar-refractivity contribution in [1.29, 1.82) is 0 Å². The molecule has 1 saturated heterocycles. The Morgan fingerprint density at radius 3 is 2.33 bits per heavy atom. The van der Waals surface area contributed by atoms with Crippen molar-refractivity contribution in [3.63, 3.8) is 0 Å². The van der Waals surface area contributed by atoms with Gasteiger partial charge in [-0.25, -0.2) is 4.98 Å². The van der Waals surface area contributed by atoms with Crippen LogP contribution in [0.2, 0.25) is 0 Å². The quantitative estimate of drug-likeness (QED) is 0.194. The van der Waals surface area contributed by atoms with Gasteiger partial charge in [0, 0.05) is 37.9 Å². The summed E-state index contributed by atoms with van der Waals surface area (Å²) in [6, 6.07) is 8.77. The molecule has 1 aliphatic rings. The monoisotopic (exact) mass is 697 g/mol. The van der Waals surface area contributed by atoms with Gasteiger partial charge in [0.15, 0.2) is 6.10 Å². The van der Waals surface area contributed by atoms with E-state index in [1.54, 1.807) is 17.3 Å². The fourth-order valence-electron chi connectivity index (χ4n) is 6.68. The maximum atomic E-state index is 14.2. The fourth-order valence-corrected chi connectivity index (χ4v) is 7.52. The predicted octanol–water partition coefficient (Wildman–Crippen LogP) is 6.02. The van der Waals surface area contributed by atoms with E-state index in [2.05, 4.69) is 46.5 Å². The van der Waals surface area contributed by atoms with Crippen LogP contribution in [0.1, 0.15) is 114 Å². The van der Waals surface area contributed by atoms with E-state index in [4.69, 9.17) is 4.74 Å². The summed E-state index contributed by atoms with van der Waals surface area (Å²) < 4.78 is 5.80. The lowest BCUT2D eigenvalue weighted by atomic mass is 9.92. The third kappa shape index (κ3) is 11.9. The number of aromatic nitrogens is 1.